The van der Waals surface area contributed by atoms with E-state index in [-0.39, 0.29) is 5.92 Å². The second-order valence-corrected chi connectivity index (χ2v) is 3.53. The maximum atomic E-state index is 12.8. The first-order valence-electron chi connectivity index (χ1n) is 4.68. The van der Waals surface area contributed by atoms with Crippen molar-refractivity contribution in [1.82, 2.24) is 0 Å². The molecule has 0 aliphatic carbocycles. The molecule has 78 valence electrons. The largest absolute Gasteiger partial charge is 0.388 e. The molecule has 0 spiro atoms. The van der Waals surface area contributed by atoms with Crippen LogP contribution in [0.3, 0.4) is 0 Å². The molecule has 0 aromatic heterocycles. The highest BCUT2D eigenvalue weighted by molar-refractivity contribution is 5.20. The Morgan fingerprint density at radius 3 is 2.14 bits per heavy atom. The lowest BCUT2D eigenvalue weighted by Crippen LogP contribution is -2.08. The average molecular weight is 200 g/mol. The van der Waals surface area contributed by atoms with Crippen LogP contribution in [0.5, 0.6) is 0 Å². The van der Waals surface area contributed by atoms with Gasteiger partial charge >= 0.3 is 0 Å². The highest BCUT2D eigenvalue weighted by atomic mass is 19.1. The van der Waals surface area contributed by atoms with Crippen LogP contribution in [0.15, 0.2) is 18.2 Å². The zero-order chi connectivity index (χ0) is 10.7. The van der Waals surface area contributed by atoms with Crippen molar-refractivity contribution in [1.29, 1.82) is 0 Å². The van der Waals surface area contributed by atoms with E-state index in [1.165, 1.54) is 12.1 Å². The third-order valence-electron chi connectivity index (χ3n) is 2.41. The van der Waals surface area contributed by atoms with Gasteiger partial charge in [-0.25, -0.2) is 8.78 Å². The van der Waals surface area contributed by atoms with Crippen LogP contribution >= 0.6 is 0 Å². The summed E-state index contributed by atoms with van der Waals surface area (Å²) in [6.07, 6.45) is -0.0375. The normalized spacial score (nSPS) is 15.2. The van der Waals surface area contributed by atoms with E-state index < -0.39 is 17.7 Å². The molecule has 0 aliphatic heterocycles. The Morgan fingerprint density at radius 1 is 1.21 bits per heavy atom. The van der Waals surface area contributed by atoms with E-state index in [1.807, 2.05) is 13.8 Å². The van der Waals surface area contributed by atoms with E-state index in [0.717, 1.165) is 12.5 Å². The Labute approximate surface area is 82.4 Å². The fourth-order valence-corrected chi connectivity index (χ4v) is 1.30. The van der Waals surface area contributed by atoms with Crippen molar-refractivity contribution in [3.8, 4) is 0 Å². The van der Waals surface area contributed by atoms with Crippen molar-refractivity contribution in [2.24, 2.45) is 5.92 Å². The molecule has 0 bridgehead atoms. The van der Waals surface area contributed by atoms with Crippen LogP contribution in [-0.2, 0) is 0 Å². The van der Waals surface area contributed by atoms with Crippen LogP contribution in [0, 0.1) is 17.6 Å². The first-order valence-corrected chi connectivity index (χ1v) is 4.68. The molecule has 1 aromatic carbocycles. The molecule has 14 heavy (non-hydrogen) atoms. The molecule has 1 nitrogen and oxygen atoms in total. The molecule has 3 heteroatoms. The molecule has 0 amide bonds. The van der Waals surface area contributed by atoms with Gasteiger partial charge in [-0.05, 0) is 23.6 Å². The lowest BCUT2D eigenvalue weighted by Gasteiger charge is -2.17. The Hall–Kier alpha value is -0.960. The van der Waals surface area contributed by atoms with E-state index in [0.29, 0.717) is 5.56 Å². The van der Waals surface area contributed by atoms with Gasteiger partial charge in [0.05, 0.1) is 6.10 Å². The standard InChI is InChI=1S/C11H14F2O/c1-3-7(2)11(14)8-4-9(12)6-10(13)5-8/h4-7,11,14H,3H2,1-2H3. The molecule has 0 heterocycles. The van der Waals surface area contributed by atoms with E-state index >= 15 is 0 Å². The van der Waals surface area contributed by atoms with E-state index in [9.17, 15) is 13.9 Å². The second kappa shape index (κ2) is 4.51. The van der Waals surface area contributed by atoms with E-state index in [4.69, 9.17) is 0 Å². The average Bonchev–Trinajstić information content (AvgIpc) is 2.14. The molecule has 1 N–H and O–H groups in total. The summed E-state index contributed by atoms with van der Waals surface area (Å²) in [7, 11) is 0. The number of benzene rings is 1. The van der Waals surface area contributed by atoms with Gasteiger partial charge in [-0.2, -0.15) is 0 Å². The zero-order valence-electron chi connectivity index (χ0n) is 8.30. The van der Waals surface area contributed by atoms with Crippen molar-refractivity contribution in [2.75, 3.05) is 0 Å². The zero-order valence-corrected chi connectivity index (χ0v) is 8.30. The molecule has 1 aromatic rings. The second-order valence-electron chi connectivity index (χ2n) is 3.53. The summed E-state index contributed by atoms with van der Waals surface area (Å²) in [5.74, 6) is -1.30. The van der Waals surface area contributed by atoms with Crippen LogP contribution in [0.25, 0.3) is 0 Å². The Kier molecular flexibility index (Phi) is 3.58. The van der Waals surface area contributed by atoms with Gasteiger partial charge in [0.1, 0.15) is 11.6 Å². The molecule has 0 fully saturated rings. The lowest BCUT2D eigenvalue weighted by atomic mass is 9.95. The summed E-state index contributed by atoms with van der Waals surface area (Å²) in [6.45, 7) is 3.76. The molecule has 0 saturated heterocycles. The van der Waals surface area contributed by atoms with Crippen molar-refractivity contribution >= 4 is 0 Å². The molecule has 2 atom stereocenters. The minimum Gasteiger partial charge on any atom is -0.388 e. The molecule has 0 saturated carbocycles. The Morgan fingerprint density at radius 2 is 1.71 bits per heavy atom. The topological polar surface area (TPSA) is 20.2 Å². The number of hydrogen-bond acceptors (Lipinski definition) is 1. The minimum absolute atomic E-state index is 0.00352. The molecule has 2 unspecified atom stereocenters. The highest BCUT2D eigenvalue weighted by Gasteiger charge is 2.16. The SMILES string of the molecule is CCC(C)C(O)c1cc(F)cc(F)c1. The molecule has 0 radical (unpaired) electrons. The first-order chi connectivity index (χ1) is 6.54. The predicted molar refractivity (Wildman–Crippen MR) is 50.8 cm³/mol. The van der Waals surface area contributed by atoms with Crippen LogP contribution in [0.2, 0.25) is 0 Å². The molecular weight excluding hydrogens is 186 g/mol. The van der Waals surface area contributed by atoms with Gasteiger partial charge in [0, 0.05) is 6.07 Å². The summed E-state index contributed by atoms with van der Waals surface area (Å²) in [6, 6.07) is 3.13. The van der Waals surface area contributed by atoms with Crippen LogP contribution in [0.4, 0.5) is 8.78 Å². The van der Waals surface area contributed by atoms with Crippen LogP contribution in [-0.4, -0.2) is 5.11 Å². The number of rotatable bonds is 3. The Bertz CT molecular complexity index is 292. The molecule has 1 rings (SSSR count). The van der Waals surface area contributed by atoms with Crippen LogP contribution in [0.1, 0.15) is 31.9 Å². The molecular formula is C11H14F2O. The number of aliphatic hydroxyl groups excluding tert-OH is 1. The van der Waals surface area contributed by atoms with E-state index in [1.54, 1.807) is 0 Å². The fraction of sp³-hybridized carbons (Fsp3) is 0.455. The predicted octanol–water partition coefficient (Wildman–Crippen LogP) is 3.04. The van der Waals surface area contributed by atoms with Crippen molar-refractivity contribution in [2.45, 2.75) is 26.4 Å². The van der Waals surface area contributed by atoms with Gasteiger partial charge in [-0.3, -0.25) is 0 Å². The van der Waals surface area contributed by atoms with Gasteiger partial charge in [0.2, 0.25) is 0 Å². The number of hydrogen-bond donors (Lipinski definition) is 1. The summed E-state index contributed by atoms with van der Waals surface area (Å²) in [4.78, 5) is 0. The van der Waals surface area contributed by atoms with Crippen molar-refractivity contribution in [3.05, 3.63) is 35.4 Å². The number of halogens is 2. The smallest absolute Gasteiger partial charge is 0.126 e. The molecule has 0 aliphatic rings. The highest BCUT2D eigenvalue weighted by Crippen LogP contribution is 2.25. The summed E-state index contributed by atoms with van der Waals surface area (Å²) < 4.78 is 25.6. The lowest BCUT2D eigenvalue weighted by molar-refractivity contribution is 0.115. The number of aliphatic hydroxyl groups is 1. The van der Waals surface area contributed by atoms with Crippen molar-refractivity contribution in [3.63, 3.8) is 0 Å². The quantitative estimate of drug-likeness (QED) is 0.795. The third kappa shape index (κ3) is 2.51. The maximum absolute atomic E-state index is 12.8. The third-order valence-corrected chi connectivity index (χ3v) is 2.41. The minimum atomic E-state index is -0.801. The maximum Gasteiger partial charge on any atom is 0.126 e. The van der Waals surface area contributed by atoms with Gasteiger partial charge in [0.25, 0.3) is 0 Å². The van der Waals surface area contributed by atoms with Crippen molar-refractivity contribution < 1.29 is 13.9 Å². The Balaban J connectivity index is 2.94. The van der Waals surface area contributed by atoms with Gasteiger partial charge in [-0.15, -0.1) is 0 Å². The summed E-state index contributed by atoms with van der Waals surface area (Å²) in [5.41, 5.74) is 0.303. The summed E-state index contributed by atoms with van der Waals surface area (Å²) >= 11 is 0. The fourth-order valence-electron chi connectivity index (χ4n) is 1.30. The monoisotopic (exact) mass is 200 g/mol. The van der Waals surface area contributed by atoms with Gasteiger partial charge in [-0.1, -0.05) is 20.3 Å². The van der Waals surface area contributed by atoms with Crippen LogP contribution < -0.4 is 0 Å². The first kappa shape index (κ1) is 11.1. The van der Waals surface area contributed by atoms with Gasteiger partial charge in [0.15, 0.2) is 0 Å². The van der Waals surface area contributed by atoms with E-state index in [2.05, 4.69) is 0 Å². The van der Waals surface area contributed by atoms with Gasteiger partial charge < -0.3 is 5.11 Å². The summed E-state index contributed by atoms with van der Waals surface area (Å²) in [5, 5.41) is 9.70.